The van der Waals surface area contributed by atoms with Gasteiger partial charge in [0.25, 0.3) is 5.91 Å². The summed E-state index contributed by atoms with van der Waals surface area (Å²) in [7, 11) is 0. The summed E-state index contributed by atoms with van der Waals surface area (Å²) < 4.78 is 5.44. The number of anilines is 1. The van der Waals surface area contributed by atoms with E-state index in [1.54, 1.807) is 31.2 Å². The number of nitrogens with one attached hydrogen (secondary N) is 1. The molecule has 94 valence electrons. The highest BCUT2D eigenvalue weighted by Crippen LogP contribution is 2.22. The number of halogens is 1. The molecule has 1 heterocycles. The summed E-state index contributed by atoms with van der Waals surface area (Å²) in [6.07, 6.45) is 0. The van der Waals surface area contributed by atoms with Gasteiger partial charge in [-0.25, -0.2) is 0 Å². The van der Waals surface area contributed by atoms with Gasteiger partial charge < -0.3 is 9.73 Å². The standard InChI is InChI=1S/C14H14ClNO2/c1-8-9(2)18-10(3)13(8)14(17)16-12-6-4-5-11(15)7-12/h4-7H,1-3H3,(H,16,17). The van der Waals surface area contributed by atoms with Gasteiger partial charge in [0.15, 0.2) is 0 Å². The molecule has 18 heavy (non-hydrogen) atoms. The summed E-state index contributed by atoms with van der Waals surface area (Å²) in [4.78, 5) is 12.2. The van der Waals surface area contributed by atoms with Crippen LogP contribution in [0.15, 0.2) is 28.7 Å². The van der Waals surface area contributed by atoms with E-state index in [4.69, 9.17) is 16.0 Å². The predicted molar refractivity (Wildman–Crippen MR) is 72.3 cm³/mol. The molecule has 0 aliphatic carbocycles. The van der Waals surface area contributed by atoms with E-state index >= 15 is 0 Å². The van der Waals surface area contributed by atoms with Crippen LogP contribution in [0.4, 0.5) is 5.69 Å². The molecule has 0 spiro atoms. The summed E-state index contributed by atoms with van der Waals surface area (Å²) in [5.41, 5.74) is 2.13. The number of furan rings is 1. The molecule has 0 atom stereocenters. The van der Waals surface area contributed by atoms with Crippen molar-refractivity contribution in [2.24, 2.45) is 0 Å². The zero-order valence-corrected chi connectivity index (χ0v) is 11.3. The van der Waals surface area contributed by atoms with Crippen LogP contribution in [0.1, 0.15) is 27.4 Å². The van der Waals surface area contributed by atoms with E-state index in [1.807, 2.05) is 13.8 Å². The average molecular weight is 264 g/mol. The number of amides is 1. The fourth-order valence-electron chi connectivity index (χ4n) is 1.89. The van der Waals surface area contributed by atoms with Crippen molar-refractivity contribution in [1.82, 2.24) is 0 Å². The molecule has 0 unspecified atom stereocenters. The molecule has 0 aliphatic rings. The summed E-state index contributed by atoms with van der Waals surface area (Å²) in [6, 6.07) is 7.05. The quantitative estimate of drug-likeness (QED) is 0.886. The summed E-state index contributed by atoms with van der Waals surface area (Å²) >= 11 is 5.87. The SMILES string of the molecule is Cc1oc(C)c(C(=O)Nc2cccc(Cl)c2)c1C. The van der Waals surface area contributed by atoms with Crippen molar-refractivity contribution in [2.45, 2.75) is 20.8 Å². The van der Waals surface area contributed by atoms with Gasteiger partial charge in [-0.3, -0.25) is 4.79 Å². The molecule has 0 radical (unpaired) electrons. The molecule has 2 rings (SSSR count). The molecule has 3 nitrogen and oxygen atoms in total. The van der Waals surface area contributed by atoms with Gasteiger partial charge in [-0.2, -0.15) is 0 Å². The van der Waals surface area contributed by atoms with Crippen molar-refractivity contribution < 1.29 is 9.21 Å². The third-order valence-electron chi connectivity index (χ3n) is 2.87. The zero-order valence-electron chi connectivity index (χ0n) is 10.5. The smallest absolute Gasteiger partial charge is 0.259 e. The highest BCUT2D eigenvalue weighted by Gasteiger charge is 2.18. The molecule has 4 heteroatoms. The zero-order chi connectivity index (χ0) is 13.3. The molecule has 2 aromatic rings. The first-order valence-corrected chi connectivity index (χ1v) is 6.00. The van der Waals surface area contributed by atoms with Crippen LogP contribution in [0.25, 0.3) is 0 Å². The van der Waals surface area contributed by atoms with Crippen molar-refractivity contribution >= 4 is 23.2 Å². The van der Waals surface area contributed by atoms with Crippen molar-refractivity contribution in [3.63, 3.8) is 0 Å². The Morgan fingerprint density at radius 1 is 1.22 bits per heavy atom. The Hall–Kier alpha value is -1.74. The number of carbonyl (C=O) groups is 1. The number of hydrogen-bond donors (Lipinski definition) is 1. The Balaban J connectivity index is 2.27. The number of benzene rings is 1. The number of hydrogen-bond acceptors (Lipinski definition) is 2. The third-order valence-corrected chi connectivity index (χ3v) is 3.11. The lowest BCUT2D eigenvalue weighted by Gasteiger charge is -2.05. The molecule has 1 N–H and O–H groups in total. The molecule has 0 saturated carbocycles. The van der Waals surface area contributed by atoms with E-state index in [2.05, 4.69) is 5.32 Å². The third kappa shape index (κ3) is 2.41. The van der Waals surface area contributed by atoms with Crippen molar-refractivity contribution in [2.75, 3.05) is 5.32 Å². The summed E-state index contributed by atoms with van der Waals surface area (Å²) in [5.74, 6) is 1.22. The van der Waals surface area contributed by atoms with Crippen LogP contribution in [-0.2, 0) is 0 Å². The Kier molecular flexibility index (Phi) is 3.43. The maximum absolute atomic E-state index is 12.2. The molecule has 0 bridgehead atoms. The second-order valence-corrected chi connectivity index (χ2v) is 4.62. The van der Waals surface area contributed by atoms with Crippen LogP contribution in [0.2, 0.25) is 5.02 Å². The van der Waals surface area contributed by atoms with Crippen LogP contribution >= 0.6 is 11.6 Å². The lowest BCUT2D eigenvalue weighted by atomic mass is 10.1. The molecular weight excluding hydrogens is 250 g/mol. The maximum Gasteiger partial charge on any atom is 0.259 e. The predicted octanol–water partition coefficient (Wildman–Crippen LogP) is 4.11. The number of aryl methyl sites for hydroxylation is 2. The first-order chi connectivity index (χ1) is 8.49. The molecule has 1 amide bonds. The van der Waals surface area contributed by atoms with Gasteiger partial charge in [-0.15, -0.1) is 0 Å². The molecule has 1 aromatic heterocycles. The van der Waals surface area contributed by atoms with Crippen LogP contribution in [0.5, 0.6) is 0 Å². The van der Waals surface area contributed by atoms with Gasteiger partial charge >= 0.3 is 0 Å². The normalized spacial score (nSPS) is 10.4. The maximum atomic E-state index is 12.2. The summed E-state index contributed by atoms with van der Waals surface area (Å²) in [5, 5.41) is 3.40. The molecule has 0 fully saturated rings. The van der Waals surface area contributed by atoms with Gasteiger partial charge in [0.2, 0.25) is 0 Å². The van der Waals surface area contributed by atoms with Crippen LogP contribution < -0.4 is 5.32 Å². The molecule has 1 aromatic carbocycles. The van der Waals surface area contributed by atoms with E-state index < -0.39 is 0 Å². The van der Waals surface area contributed by atoms with Gasteiger partial charge in [0.05, 0.1) is 5.56 Å². The Labute approximate surface area is 111 Å². The van der Waals surface area contributed by atoms with Crippen LogP contribution in [-0.4, -0.2) is 5.91 Å². The average Bonchev–Trinajstić information content (AvgIpc) is 2.53. The van der Waals surface area contributed by atoms with Gasteiger partial charge in [-0.05, 0) is 39.0 Å². The lowest BCUT2D eigenvalue weighted by Crippen LogP contribution is -2.13. The van der Waals surface area contributed by atoms with Crippen molar-refractivity contribution in [3.05, 3.63) is 51.9 Å². The first-order valence-electron chi connectivity index (χ1n) is 5.62. The number of carbonyl (C=O) groups excluding carboxylic acids is 1. The van der Waals surface area contributed by atoms with E-state index in [0.717, 1.165) is 11.3 Å². The van der Waals surface area contributed by atoms with E-state index in [-0.39, 0.29) is 5.91 Å². The minimum atomic E-state index is -0.177. The van der Waals surface area contributed by atoms with Gasteiger partial charge in [0, 0.05) is 16.3 Å². The minimum absolute atomic E-state index is 0.177. The Morgan fingerprint density at radius 3 is 2.50 bits per heavy atom. The highest BCUT2D eigenvalue weighted by molar-refractivity contribution is 6.31. The van der Waals surface area contributed by atoms with Gasteiger partial charge in [0.1, 0.15) is 11.5 Å². The van der Waals surface area contributed by atoms with Gasteiger partial charge in [-0.1, -0.05) is 17.7 Å². The number of rotatable bonds is 2. The molecule has 0 saturated heterocycles. The first kappa shape index (κ1) is 12.7. The second-order valence-electron chi connectivity index (χ2n) is 4.18. The largest absolute Gasteiger partial charge is 0.466 e. The fourth-order valence-corrected chi connectivity index (χ4v) is 2.08. The van der Waals surface area contributed by atoms with Crippen molar-refractivity contribution in [1.29, 1.82) is 0 Å². The molecular formula is C14H14ClNO2. The lowest BCUT2D eigenvalue weighted by molar-refractivity contribution is 0.102. The van der Waals surface area contributed by atoms with Crippen LogP contribution in [0, 0.1) is 20.8 Å². The Morgan fingerprint density at radius 2 is 1.94 bits per heavy atom. The topological polar surface area (TPSA) is 42.2 Å². The minimum Gasteiger partial charge on any atom is -0.466 e. The monoisotopic (exact) mass is 263 g/mol. The highest BCUT2D eigenvalue weighted by atomic mass is 35.5. The second kappa shape index (κ2) is 4.86. The fraction of sp³-hybridized carbons (Fsp3) is 0.214. The van der Waals surface area contributed by atoms with Crippen LogP contribution in [0.3, 0.4) is 0 Å². The van der Waals surface area contributed by atoms with Crippen molar-refractivity contribution in [3.8, 4) is 0 Å². The van der Waals surface area contributed by atoms with E-state index in [1.165, 1.54) is 0 Å². The van der Waals surface area contributed by atoms with E-state index in [0.29, 0.717) is 22.0 Å². The molecule has 0 aliphatic heterocycles. The summed E-state index contributed by atoms with van der Waals surface area (Å²) in [6.45, 7) is 5.50. The Bertz CT molecular complexity index is 602. The van der Waals surface area contributed by atoms with E-state index in [9.17, 15) is 4.79 Å².